The van der Waals surface area contributed by atoms with Crippen LogP contribution in [0.1, 0.15) is 46.0 Å². The summed E-state index contributed by atoms with van der Waals surface area (Å²) < 4.78 is 12.4. The number of hydrogen-bond donors (Lipinski definition) is 2. The van der Waals surface area contributed by atoms with Crippen LogP contribution in [-0.2, 0) is 9.47 Å². The second-order valence-electron chi connectivity index (χ2n) is 7.05. The molecule has 4 nitrogen and oxygen atoms in total. The summed E-state index contributed by atoms with van der Waals surface area (Å²) in [6.45, 7) is 7.81. The highest BCUT2D eigenvalue weighted by Crippen LogP contribution is 2.59. The van der Waals surface area contributed by atoms with E-state index < -0.39 is 17.0 Å². The highest BCUT2D eigenvalue weighted by Gasteiger charge is 2.69. The van der Waals surface area contributed by atoms with Crippen molar-refractivity contribution < 1.29 is 19.7 Å². The summed E-state index contributed by atoms with van der Waals surface area (Å²) in [6, 6.07) is 0. The third-order valence-electron chi connectivity index (χ3n) is 5.56. The molecule has 1 saturated heterocycles. The SMILES string of the molecule is C=C[C@]1(O)CCCC2[C@H](CO)CC[C@H]3OC(C)(C)O[C@@]231. The smallest absolute Gasteiger partial charge is 0.164 e. The van der Waals surface area contributed by atoms with Gasteiger partial charge in [0.05, 0.1) is 6.10 Å². The molecule has 114 valence electrons. The van der Waals surface area contributed by atoms with Gasteiger partial charge in [0.15, 0.2) is 5.79 Å². The maximum Gasteiger partial charge on any atom is 0.164 e. The van der Waals surface area contributed by atoms with E-state index >= 15 is 0 Å². The molecule has 5 atom stereocenters. The van der Waals surface area contributed by atoms with Gasteiger partial charge in [-0.25, -0.2) is 0 Å². The molecule has 2 N–H and O–H groups in total. The number of rotatable bonds is 2. The third-order valence-corrected chi connectivity index (χ3v) is 5.56. The molecule has 3 fully saturated rings. The van der Waals surface area contributed by atoms with E-state index in [0.717, 1.165) is 25.7 Å². The van der Waals surface area contributed by atoms with Gasteiger partial charge >= 0.3 is 0 Å². The van der Waals surface area contributed by atoms with Crippen LogP contribution in [0.15, 0.2) is 12.7 Å². The van der Waals surface area contributed by atoms with Gasteiger partial charge in [0.25, 0.3) is 0 Å². The Hall–Kier alpha value is -0.420. The zero-order valence-corrected chi connectivity index (χ0v) is 12.5. The van der Waals surface area contributed by atoms with E-state index in [0.29, 0.717) is 6.42 Å². The van der Waals surface area contributed by atoms with Gasteiger partial charge in [-0.2, -0.15) is 0 Å². The molecule has 0 aromatic carbocycles. The van der Waals surface area contributed by atoms with E-state index in [1.807, 2.05) is 13.8 Å². The van der Waals surface area contributed by atoms with Crippen molar-refractivity contribution in [3.8, 4) is 0 Å². The van der Waals surface area contributed by atoms with Crippen molar-refractivity contribution in [3.63, 3.8) is 0 Å². The van der Waals surface area contributed by atoms with Crippen LogP contribution in [0.25, 0.3) is 0 Å². The van der Waals surface area contributed by atoms with Crippen LogP contribution < -0.4 is 0 Å². The minimum absolute atomic E-state index is 0.117. The monoisotopic (exact) mass is 282 g/mol. The van der Waals surface area contributed by atoms with Crippen LogP contribution in [0.2, 0.25) is 0 Å². The van der Waals surface area contributed by atoms with Gasteiger partial charge in [-0.05, 0) is 57.8 Å². The highest BCUT2D eigenvalue weighted by atomic mass is 16.8. The maximum atomic E-state index is 11.2. The standard InChI is InChI=1S/C16H26O4/c1-4-15(18)9-5-6-12-11(10-17)7-8-13-16(12,15)20-14(2,3)19-13/h4,11-13,17-18H,1,5-10H2,2-3H3/t11-,12?,13+,15-,16-/m0/s1. The van der Waals surface area contributed by atoms with Crippen molar-refractivity contribution in [2.45, 2.75) is 69.0 Å². The molecule has 0 aromatic heterocycles. The van der Waals surface area contributed by atoms with E-state index in [9.17, 15) is 10.2 Å². The summed E-state index contributed by atoms with van der Waals surface area (Å²) in [4.78, 5) is 0. The minimum atomic E-state index is -1.07. The first-order valence-electron chi connectivity index (χ1n) is 7.73. The maximum absolute atomic E-state index is 11.2. The number of hydrogen-bond acceptors (Lipinski definition) is 4. The zero-order valence-electron chi connectivity index (χ0n) is 12.5. The molecule has 0 bridgehead atoms. The van der Waals surface area contributed by atoms with Crippen molar-refractivity contribution in [2.75, 3.05) is 6.61 Å². The predicted molar refractivity (Wildman–Crippen MR) is 75.1 cm³/mol. The van der Waals surface area contributed by atoms with Crippen LogP contribution in [-0.4, -0.2) is 39.9 Å². The second-order valence-corrected chi connectivity index (χ2v) is 7.05. The molecule has 1 unspecified atom stereocenters. The van der Waals surface area contributed by atoms with Crippen molar-refractivity contribution in [1.29, 1.82) is 0 Å². The molecule has 1 aliphatic heterocycles. The summed E-state index contributed by atoms with van der Waals surface area (Å²) in [5, 5.41) is 20.9. The topological polar surface area (TPSA) is 58.9 Å². The lowest BCUT2D eigenvalue weighted by Gasteiger charge is -2.57. The Morgan fingerprint density at radius 3 is 2.70 bits per heavy atom. The molecular formula is C16H26O4. The van der Waals surface area contributed by atoms with E-state index in [4.69, 9.17) is 9.47 Å². The molecule has 20 heavy (non-hydrogen) atoms. The number of ether oxygens (including phenoxy) is 2. The average Bonchev–Trinajstić information content (AvgIpc) is 2.69. The van der Waals surface area contributed by atoms with E-state index in [-0.39, 0.29) is 24.5 Å². The van der Waals surface area contributed by atoms with Gasteiger partial charge < -0.3 is 19.7 Å². The summed E-state index contributed by atoms with van der Waals surface area (Å²) in [5.41, 5.74) is -1.82. The van der Waals surface area contributed by atoms with E-state index in [1.54, 1.807) is 6.08 Å². The summed E-state index contributed by atoms with van der Waals surface area (Å²) in [6.07, 6.45) is 5.83. The fraction of sp³-hybridized carbons (Fsp3) is 0.875. The van der Waals surface area contributed by atoms with Crippen LogP contribution >= 0.6 is 0 Å². The number of aliphatic hydroxyl groups is 2. The molecule has 4 heteroatoms. The van der Waals surface area contributed by atoms with Gasteiger partial charge in [-0.1, -0.05) is 6.08 Å². The van der Waals surface area contributed by atoms with E-state index in [2.05, 4.69) is 6.58 Å². The molecule has 1 heterocycles. The zero-order chi connectivity index (χ0) is 14.6. The second kappa shape index (κ2) is 4.54. The van der Waals surface area contributed by atoms with Crippen molar-refractivity contribution in [2.24, 2.45) is 11.8 Å². The first-order chi connectivity index (χ1) is 9.38. The summed E-state index contributed by atoms with van der Waals surface area (Å²) in [7, 11) is 0. The highest BCUT2D eigenvalue weighted by molar-refractivity contribution is 5.23. The molecular weight excluding hydrogens is 256 g/mol. The lowest BCUT2D eigenvalue weighted by atomic mass is 9.55. The normalized spacial score (nSPS) is 50.3. The summed E-state index contributed by atoms with van der Waals surface area (Å²) >= 11 is 0. The quantitative estimate of drug-likeness (QED) is 0.761. The Bertz CT molecular complexity index is 407. The predicted octanol–water partition coefficient (Wildman–Crippen LogP) is 2.00. The minimum Gasteiger partial charge on any atom is -0.396 e. The average molecular weight is 282 g/mol. The fourth-order valence-corrected chi connectivity index (χ4v) is 4.84. The Morgan fingerprint density at radius 2 is 2.05 bits per heavy atom. The Labute approximate surface area is 120 Å². The Morgan fingerprint density at radius 1 is 1.30 bits per heavy atom. The fourth-order valence-electron chi connectivity index (χ4n) is 4.84. The molecule has 2 aliphatic carbocycles. The van der Waals surface area contributed by atoms with Crippen molar-refractivity contribution in [3.05, 3.63) is 12.7 Å². The number of aliphatic hydroxyl groups excluding tert-OH is 1. The molecule has 2 saturated carbocycles. The lowest BCUT2D eigenvalue weighted by Crippen LogP contribution is -2.68. The summed E-state index contributed by atoms with van der Waals surface area (Å²) in [5.74, 6) is -0.387. The molecule has 3 rings (SSSR count). The first kappa shape index (κ1) is 14.5. The molecule has 0 amide bonds. The van der Waals surface area contributed by atoms with Crippen molar-refractivity contribution in [1.82, 2.24) is 0 Å². The van der Waals surface area contributed by atoms with Gasteiger partial charge in [-0.3, -0.25) is 0 Å². The van der Waals surface area contributed by atoms with Crippen LogP contribution in [0.4, 0.5) is 0 Å². The molecule has 0 radical (unpaired) electrons. The largest absolute Gasteiger partial charge is 0.396 e. The van der Waals surface area contributed by atoms with Crippen LogP contribution in [0, 0.1) is 11.8 Å². The third kappa shape index (κ3) is 1.75. The first-order valence-corrected chi connectivity index (χ1v) is 7.73. The lowest BCUT2D eigenvalue weighted by molar-refractivity contribution is -0.248. The molecule has 0 aromatic rings. The van der Waals surface area contributed by atoms with Crippen LogP contribution in [0.5, 0.6) is 0 Å². The molecule has 1 spiro atoms. The van der Waals surface area contributed by atoms with Crippen LogP contribution in [0.3, 0.4) is 0 Å². The van der Waals surface area contributed by atoms with Gasteiger partial charge in [0.2, 0.25) is 0 Å². The van der Waals surface area contributed by atoms with Gasteiger partial charge in [0.1, 0.15) is 11.2 Å². The van der Waals surface area contributed by atoms with Gasteiger partial charge in [0, 0.05) is 6.61 Å². The van der Waals surface area contributed by atoms with E-state index in [1.165, 1.54) is 0 Å². The van der Waals surface area contributed by atoms with Gasteiger partial charge in [-0.15, -0.1) is 6.58 Å². The Kier molecular flexibility index (Phi) is 3.29. The Balaban J connectivity index is 2.09. The molecule has 3 aliphatic rings. The van der Waals surface area contributed by atoms with Crippen molar-refractivity contribution >= 4 is 0 Å².